The van der Waals surface area contributed by atoms with Crippen molar-refractivity contribution in [2.24, 2.45) is 5.92 Å². The summed E-state index contributed by atoms with van der Waals surface area (Å²) in [5.41, 5.74) is 7.65. The van der Waals surface area contributed by atoms with Gasteiger partial charge in [0.05, 0.1) is 25.4 Å². The third kappa shape index (κ3) is 4.87. The summed E-state index contributed by atoms with van der Waals surface area (Å²) in [5.74, 6) is 0.623. The average molecular weight is 375 g/mol. The number of hydrogen-bond acceptors (Lipinski definition) is 7. The van der Waals surface area contributed by atoms with Gasteiger partial charge in [-0.1, -0.05) is 45.4 Å². The molecule has 0 amide bonds. The molecule has 2 heterocycles. The molecule has 0 aliphatic heterocycles. The highest BCUT2D eigenvalue weighted by Crippen LogP contribution is 2.27. The van der Waals surface area contributed by atoms with Crippen LogP contribution in [-0.4, -0.2) is 38.8 Å². The normalized spacial score (nSPS) is 16.4. The predicted molar refractivity (Wildman–Crippen MR) is 101 cm³/mol. The molecule has 1 atom stereocenters. The van der Waals surface area contributed by atoms with Crippen LogP contribution in [0, 0.1) is 5.92 Å². The van der Waals surface area contributed by atoms with E-state index in [2.05, 4.69) is 15.1 Å². The zero-order chi connectivity index (χ0) is 19.2. The lowest BCUT2D eigenvalue weighted by Crippen LogP contribution is -2.23. The summed E-state index contributed by atoms with van der Waals surface area (Å²) in [6.45, 7) is 2.03. The van der Waals surface area contributed by atoms with Gasteiger partial charge in [0, 0.05) is 0 Å². The van der Waals surface area contributed by atoms with Crippen molar-refractivity contribution in [2.75, 3.05) is 12.8 Å². The van der Waals surface area contributed by atoms with E-state index in [4.69, 9.17) is 15.2 Å². The third-order valence-electron chi connectivity index (χ3n) is 5.17. The molecule has 8 nitrogen and oxygen atoms in total. The van der Waals surface area contributed by atoms with Crippen molar-refractivity contribution in [1.82, 2.24) is 19.6 Å². The Morgan fingerprint density at radius 3 is 2.85 bits per heavy atom. The molecule has 2 aromatic heterocycles. The Bertz CT molecular complexity index is 770. The molecular weight excluding hydrogens is 346 g/mol. The van der Waals surface area contributed by atoms with Crippen molar-refractivity contribution in [3.8, 4) is 6.01 Å². The molecule has 0 radical (unpaired) electrons. The summed E-state index contributed by atoms with van der Waals surface area (Å²) in [6.07, 6.45) is 10.5. The molecule has 2 N–H and O–H groups in total. The molecule has 2 aromatic rings. The second-order valence-corrected chi connectivity index (χ2v) is 7.28. The number of carbonyl (C=O) groups is 1. The third-order valence-corrected chi connectivity index (χ3v) is 5.17. The molecule has 0 saturated heterocycles. The monoisotopic (exact) mass is 375 g/mol. The average Bonchev–Trinajstić information content (AvgIpc) is 3.06. The minimum Gasteiger partial charge on any atom is -0.469 e. The fraction of sp³-hybridized carbons (Fsp3) is 0.684. The van der Waals surface area contributed by atoms with E-state index in [9.17, 15) is 4.79 Å². The summed E-state index contributed by atoms with van der Waals surface area (Å²) >= 11 is 0. The molecular formula is C19H29N5O3. The van der Waals surface area contributed by atoms with Gasteiger partial charge in [0.25, 0.3) is 0 Å². The number of imidazole rings is 1. The number of rotatable bonds is 8. The molecule has 8 heteroatoms. The fourth-order valence-electron chi connectivity index (χ4n) is 3.75. The SMILES string of the molecule is CCCC(CC(=O)OC)Oc1nc(N)c2ncc(CC3CCCCC3)n2n1. The predicted octanol–water partition coefficient (Wildman–Crippen LogP) is 2.94. The highest BCUT2D eigenvalue weighted by molar-refractivity contribution is 5.69. The van der Waals surface area contributed by atoms with Gasteiger partial charge in [0.2, 0.25) is 0 Å². The minimum absolute atomic E-state index is 0.157. The Hall–Kier alpha value is -2.38. The standard InChI is InChI=1S/C19H29N5O3/c1-3-7-15(11-16(25)26-2)27-19-22-17(20)18-21-12-14(24(18)23-19)10-13-8-5-4-6-9-13/h12-13,15H,3-11H2,1-2H3,(H2,20,22,23). The lowest BCUT2D eigenvalue weighted by molar-refractivity contribution is -0.142. The van der Waals surface area contributed by atoms with E-state index in [1.807, 2.05) is 13.1 Å². The van der Waals surface area contributed by atoms with Crippen molar-refractivity contribution in [2.45, 2.75) is 70.8 Å². The van der Waals surface area contributed by atoms with Gasteiger partial charge in [-0.25, -0.2) is 9.50 Å². The molecule has 1 unspecified atom stereocenters. The zero-order valence-electron chi connectivity index (χ0n) is 16.2. The first kappa shape index (κ1) is 19.4. The molecule has 3 rings (SSSR count). The highest BCUT2D eigenvalue weighted by atomic mass is 16.5. The molecule has 1 aliphatic rings. The maximum absolute atomic E-state index is 11.6. The van der Waals surface area contributed by atoms with E-state index in [1.165, 1.54) is 39.2 Å². The van der Waals surface area contributed by atoms with Crippen molar-refractivity contribution < 1.29 is 14.3 Å². The van der Waals surface area contributed by atoms with Gasteiger partial charge < -0.3 is 15.2 Å². The maximum atomic E-state index is 11.6. The Morgan fingerprint density at radius 1 is 1.37 bits per heavy atom. The number of nitrogen functional groups attached to an aromatic ring is 1. The number of nitrogens with zero attached hydrogens (tertiary/aromatic N) is 4. The zero-order valence-corrected chi connectivity index (χ0v) is 16.2. The topological polar surface area (TPSA) is 105 Å². The lowest BCUT2D eigenvalue weighted by Gasteiger charge is -2.21. The van der Waals surface area contributed by atoms with Crippen LogP contribution in [0.25, 0.3) is 5.65 Å². The van der Waals surface area contributed by atoms with Crippen molar-refractivity contribution in [3.05, 3.63) is 11.9 Å². The number of fused-ring (bicyclic) bond motifs is 1. The summed E-state index contributed by atoms with van der Waals surface area (Å²) < 4.78 is 12.4. The van der Waals surface area contributed by atoms with Gasteiger partial charge in [-0.15, -0.1) is 5.10 Å². The Labute approximate surface area is 159 Å². The van der Waals surface area contributed by atoms with Gasteiger partial charge >= 0.3 is 12.0 Å². The summed E-state index contributed by atoms with van der Waals surface area (Å²) in [6, 6.07) is 0.172. The lowest BCUT2D eigenvalue weighted by atomic mass is 9.86. The van der Waals surface area contributed by atoms with E-state index in [1.54, 1.807) is 4.52 Å². The number of anilines is 1. The van der Waals surface area contributed by atoms with Crippen LogP contribution in [0.3, 0.4) is 0 Å². The summed E-state index contributed by atoms with van der Waals surface area (Å²) in [7, 11) is 1.37. The van der Waals surface area contributed by atoms with Crippen LogP contribution in [0.4, 0.5) is 5.82 Å². The second-order valence-electron chi connectivity index (χ2n) is 7.28. The molecule has 0 aromatic carbocycles. The number of aromatic nitrogens is 4. The molecule has 0 bridgehead atoms. The second kappa shape index (κ2) is 9.01. The first-order chi connectivity index (χ1) is 13.1. The van der Waals surface area contributed by atoms with Gasteiger partial charge in [-0.3, -0.25) is 4.79 Å². The Kier molecular flexibility index (Phi) is 6.47. The smallest absolute Gasteiger partial charge is 0.336 e. The molecule has 27 heavy (non-hydrogen) atoms. The molecule has 1 fully saturated rings. The first-order valence-electron chi connectivity index (χ1n) is 9.84. The summed E-state index contributed by atoms with van der Waals surface area (Å²) in [4.78, 5) is 20.2. The largest absolute Gasteiger partial charge is 0.469 e. The Morgan fingerprint density at radius 2 is 2.15 bits per heavy atom. The maximum Gasteiger partial charge on any atom is 0.336 e. The number of ether oxygens (including phenoxy) is 2. The van der Waals surface area contributed by atoms with E-state index in [-0.39, 0.29) is 30.3 Å². The molecule has 0 spiro atoms. The van der Waals surface area contributed by atoms with E-state index in [0.29, 0.717) is 18.0 Å². The number of nitrogens with two attached hydrogens (primary N) is 1. The fourth-order valence-corrected chi connectivity index (χ4v) is 3.75. The highest BCUT2D eigenvalue weighted by Gasteiger charge is 2.21. The van der Waals surface area contributed by atoms with Crippen LogP contribution in [0.5, 0.6) is 6.01 Å². The number of esters is 1. The van der Waals surface area contributed by atoms with Crippen molar-refractivity contribution in [1.29, 1.82) is 0 Å². The molecule has 1 aliphatic carbocycles. The summed E-state index contributed by atoms with van der Waals surface area (Å²) in [5, 5.41) is 4.51. The molecule has 1 saturated carbocycles. The minimum atomic E-state index is -0.343. The molecule has 148 valence electrons. The van der Waals surface area contributed by atoms with E-state index < -0.39 is 0 Å². The quantitative estimate of drug-likeness (QED) is 0.707. The van der Waals surface area contributed by atoms with E-state index in [0.717, 1.165) is 18.5 Å². The first-order valence-corrected chi connectivity index (χ1v) is 9.84. The van der Waals surface area contributed by atoms with Crippen LogP contribution in [0.2, 0.25) is 0 Å². The van der Waals surface area contributed by atoms with Crippen LogP contribution < -0.4 is 10.5 Å². The number of hydrogen-bond donors (Lipinski definition) is 1. The van der Waals surface area contributed by atoms with Crippen molar-refractivity contribution >= 4 is 17.4 Å². The Balaban J connectivity index is 1.80. The van der Waals surface area contributed by atoms with Gasteiger partial charge in [-0.05, 0) is 18.8 Å². The number of carbonyl (C=O) groups excluding carboxylic acids is 1. The van der Waals surface area contributed by atoms with E-state index >= 15 is 0 Å². The van der Waals surface area contributed by atoms with Gasteiger partial charge in [-0.2, -0.15) is 4.98 Å². The van der Waals surface area contributed by atoms with Crippen LogP contribution in [-0.2, 0) is 16.0 Å². The van der Waals surface area contributed by atoms with Crippen LogP contribution in [0.1, 0.15) is 64.0 Å². The van der Waals surface area contributed by atoms with Gasteiger partial charge in [0.15, 0.2) is 11.5 Å². The van der Waals surface area contributed by atoms with Crippen LogP contribution in [0.15, 0.2) is 6.20 Å². The van der Waals surface area contributed by atoms with Crippen LogP contribution >= 0.6 is 0 Å². The van der Waals surface area contributed by atoms with Crippen molar-refractivity contribution in [3.63, 3.8) is 0 Å². The van der Waals surface area contributed by atoms with Gasteiger partial charge in [0.1, 0.15) is 6.10 Å². The number of methoxy groups -OCH3 is 1.